The second kappa shape index (κ2) is 11.1. The first-order chi connectivity index (χ1) is 14.6. The van der Waals surface area contributed by atoms with Crippen LogP contribution in [0, 0.1) is 0 Å². The Morgan fingerprint density at radius 3 is 1.83 bits per heavy atom. The molecule has 0 spiro atoms. The van der Waals surface area contributed by atoms with Crippen LogP contribution < -0.4 is 5.32 Å². The molecule has 0 aliphatic heterocycles. The molecule has 2 N–H and O–H groups in total. The zero-order valence-electron chi connectivity index (χ0n) is 16.3. The van der Waals surface area contributed by atoms with E-state index in [1.54, 1.807) is 0 Å². The molecule has 3 rings (SSSR count). The van der Waals surface area contributed by atoms with Gasteiger partial charge < -0.3 is 15.2 Å². The summed E-state index contributed by atoms with van der Waals surface area (Å²) in [6, 6.07) is 28.0. The molecule has 30 heavy (non-hydrogen) atoms. The summed E-state index contributed by atoms with van der Waals surface area (Å²) >= 11 is 1.47. The van der Waals surface area contributed by atoms with Gasteiger partial charge in [0, 0.05) is 5.75 Å². The Hall–Kier alpha value is -3.25. The monoisotopic (exact) mass is 421 g/mol. The van der Waals surface area contributed by atoms with E-state index in [1.807, 2.05) is 91.0 Å². The number of ether oxygens (including phenoxy) is 1. The number of benzene rings is 3. The zero-order chi connectivity index (χ0) is 21.2. The van der Waals surface area contributed by atoms with Crippen LogP contribution in [0.3, 0.4) is 0 Å². The van der Waals surface area contributed by atoms with Gasteiger partial charge in [-0.15, -0.1) is 11.8 Å². The van der Waals surface area contributed by atoms with Crippen molar-refractivity contribution in [1.82, 2.24) is 5.32 Å². The Bertz CT molecular complexity index is 896. The predicted molar refractivity (Wildman–Crippen MR) is 118 cm³/mol. The van der Waals surface area contributed by atoms with E-state index in [2.05, 4.69) is 5.32 Å². The van der Waals surface area contributed by atoms with Gasteiger partial charge in [0.1, 0.15) is 12.6 Å². The van der Waals surface area contributed by atoms with Crippen LogP contribution in [0.5, 0.6) is 0 Å². The molecule has 3 aromatic rings. The van der Waals surface area contributed by atoms with Crippen LogP contribution in [0.4, 0.5) is 4.79 Å². The van der Waals surface area contributed by atoms with Gasteiger partial charge in [-0.05, 0) is 16.7 Å². The highest BCUT2D eigenvalue weighted by atomic mass is 32.2. The predicted octanol–water partition coefficient (Wildman–Crippen LogP) is 4.89. The van der Waals surface area contributed by atoms with Gasteiger partial charge in [-0.1, -0.05) is 91.0 Å². The van der Waals surface area contributed by atoms with Gasteiger partial charge in [-0.3, -0.25) is 0 Å². The van der Waals surface area contributed by atoms with Gasteiger partial charge in [0.2, 0.25) is 0 Å². The topological polar surface area (TPSA) is 75.6 Å². The average molecular weight is 422 g/mol. The number of nitrogens with one attached hydrogen (secondary N) is 1. The summed E-state index contributed by atoms with van der Waals surface area (Å²) in [5, 5.41) is 12.0. The molecule has 154 valence electrons. The molecule has 0 saturated carbocycles. The molecule has 1 unspecified atom stereocenters. The van der Waals surface area contributed by atoms with Crippen molar-refractivity contribution < 1.29 is 19.4 Å². The van der Waals surface area contributed by atoms with Gasteiger partial charge in [0.05, 0.1) is 5.25 Å². The van der Waals surface area contributed by atoms with Crippen LogP contribution in [0.25, 0.3) is 0 Å². The number of alkyl carbamates (subject to hydrolysis) is 1. The first-order valence-electron chi connectivity index (χ1n) is 9.55. The van der Waals surface area contributed by atoms with Gasteiger partial charge >= 0.3 is 12.1 Å². The lowest BCUT2D eigenvalue weighted by Crippen LogP contribution is -2.43. The number of amides is 1. The average Bonchev–Trinajstić information content (AvgIpc) is 2.79. The van der Waals surface area contributed by atoms with Crippen LogP contribution in [-0.4, -0.2) is 29.0 Å². The highest BCUT2D eigenvalue weighted by Gasteiger charge is 2.24. The third kappa shape index (κ3) is 6.39. The first kappa shape index (κ1) is 21.5. The number of rotatable bonds is 9. The number of hydrogen-bond acceptors (Lipinski definition) is 4. The smallest absolute Gasteiger partial charge is 0.408 e. The molecular formula is C24H23NO4S. The van der Waals surface area contributed by atoms with Crippen LogP contribution in [0.2, 0.25) is 0 Å². The van der Waals surface area contributed by atoms with Gasteiger partial charge in [-0.25, -0.2) is 9.59 Å². The highest BCUT2D eigenvalue weighted by molar-refractivity contribution is 7.99. The number of carbonyl (C=O) groups excluding carboxylic acids is 1. The van der Waals surface area contributed by atoms with Crippen molar-refractivity contribution in [2.24, 2.45) is 0 Å². The molecule has 0 fully saturated rings. The van der Waals surface area contributed by atoms with Crippen LogP contribution in [0.15, 0.2) is 91.0 Å². The second-order valence-corrected chi connectivity index (χ2v) is 7.77. The van der Waals surface area contributed by atoms with Crippen molar-refractivity contribution in [3.8, 4) is 0 Å². The van der Waals surface area contributed by atoms with E-state index in [9.17, 15) is 14.7 Å². The van der Waals surface area contributed by atoms with Crippen molar-refractivity contribution in [1.29, 1.82) is 0 Å². The number of carboxylic acid groups (broad SMARTS) is 1. The summed E-state index contributed by atoms with van der Waals surface area (Å²) in [6.07, 6.45) is -0.747. The Morgan fingerprint density at radius 2 is 1.33 bits per heavy atom. The maximum absolute atomic E-state index is 12.1. The van der Waals surface area contributed by atoms with Gasteiger partial charge in [0.25, 0.3) is 0 Å². The van der Waals surface area contributed by atoms with Crippen molar-refractivity contribution in [2.75, 3.05) is 5.75 Å². The second-order valence-electron chi connectivity index (χ2n) is 6.63. The lowest BCUT2D eigenvalue weighted by Gasteiger charge is -2.21. The van der Waals surface area contributed by atoms with Crippen molar-refractivity contribution in [3.05, 3.63) is 108 Å². The number of aliphatic carboxylic acids is 1. The summed E-state index contributed by atoms with van der Waals surface area (Å²) in [5.74, 6) is -0.899. The standard InChI is InChI=1S/C24H23NO4S/c26-23(27)21(25-24(28)29-16-18-10-4-1-5-11-18)17-30-22(19-12-6-2-7-13-19)20-14-8-3-9-15-20/h1-15,21-22H,16-17H2,(H,25,28)(H,26,27). The minimum atomic E-state index is -1.10. The molecular weight excluding hydrogens is 398 g/mol. The van der Waals surface area contributed by atoms with E-state index >= 15 is 0 Å². The summed E-state index contributed by atoms with van der Waals surface area (Å²) in [7, 11) is 0. The quantitative estimate of drug-likeness (QED) is 0.515. The summed E-state index contributed by atoms with van der Waals surface area (Å²) in [6.45, 7) is 0.0861. The lowest BCUT2D eigenvalue weighted by molar-refractivity contribution is -0.138. The molecule has 3 aromatic carbocycles. The fraction of sp³-hybridized carbons (Fsp3) is 0.167. The van der Waals surface area contributed by atoms with Gasteiger partial charge in [0.15, 0.2) is 0 Å². The minimum absolute atomic E-state index is 0.0450. The van der Waals surface area contributed by atoms with Crippen LogP contribution >= 0.6 is 11.8 Å². The molecule has 6 heteroatoms. The number of thioether (sulfide) groups is 1. The zero-order valence-corrected chi connectivity index (χ0v) is 17.1. The van der Waals surface area contributed by atoms with Gasteiger partial charge in [-0.2, -0.15) is 0 Å². The Balaban J connectivity index is 1.63. The van der Waals surface area contributed by atoms with Crippen molar-refractivity contribution in [2.45, 2.75) is 17.9 Å². The van der Waals surface area contributed by atoms with E-state index in [0.29, 0.717) is 0 Å². The summed E-state index contributed by atoms with van der Waals surface area (Å²) in [4.78, 5) is 23.8. The molecule has 1 atom stereocenters. The number of carboxylic acids is 1. The number of hydrogen-bond donors (Lipinski definition) is 2. The van der Waals surface area contributed by atoms with E-state index in [4.69, 9.17) is 4.74 Å². The molecule has 0 saturated heterocycles. The lowest BCUT2D eigenvalue weighted by atomic mass is 10.0. The molecule has 0 radical (unpaired) electrons. The molecule has 5 nitrogen and oxygen atoms in total. The van der Waals surface area contributed by atoms with E-state index < -0.39 is 18.1 Å². The maximum atomic E-state index is 12.1. The van der Waals surface area contributed by atoms with Crippen molar-refractivity contribution in [3.63, 3.8) is 0 Å². The normalized spacial score (nSPS) is 11.6. The molecule has 0 aromatic heterocycles. The van der Waals surface area contributed by atoms with Crippen LogP contribution in [-0.2, 0) is 16.1 Å². The summed E-state index contributed by atoms with van der Waals surface area (Å²) in [5.41, 5.74) is 2.98. The Morgan fingerprint density at radius 1 is 0.833 bits per heavy atom. The van der Waals surface area contributed by atoms with E-state index in [1.165, 1.54) is 11.8 Å². The Kier molecular flexibility index (Phi) is 7.92. The minimum Gasteiger partial charge on any atom is -0.480 e. The SMILES string of the molecule is O=C(NC(CSC(c1ccccc1)c1ccccc1)C(=O)O)OCc1ccccc1. The Labute approximate surface area is 180 Å². The molecule has 1 amide bonds. The number of carbonyl (C=O) groups is 2. The van der Waals surface area contributed by atoms with E-state index in [-0.39, 0.29) is 17.6 Å². The fourth-order valence-electron chi connectivity index (χ4n) is 2.91. The molecule has 0 heterocycles. The van der Waals surface area contributed by atoms with Crippen LogP contribution in [0.1, 0.15) is 21.9 Å². The maximum Gasteiger partial charge on any atom is 0.408 e. The molecule has 0 aliphatic carbocycles. The first-order valence-corrected chi connectivity index (χ1v) is 10.6. The largest absolute Gasteiger partial charge is 0.480 e. The third-order valence-corrected chi connectivity index (χ3v) is 5.84. The highest BCUT2D eigenvalue weighted by Crippen LogP contribution is 2.35. The fourth-order valence-corrected chi connectivity index (χ4v) is 4.22. The molecule has 0 aliphatic rings. The van der Waals surface area contributed by atoms with Crippen molar-refractivity contribution >= 4 is 23.8 Å². The van der Waals surface area contributed by atoms with E-state index in [0.717, 1.165) is 16.7 Å². The molecule has 0 bridgehead atoms. The summed E-state index contributed by atoms with van der Waals surface area (Å²) < 4.78 is 5.16. The third-order valence-electron chi connectivity index (χ3n) is 4.44.